The fourth-order valence-electron chi connectivity index (χ4n) is 2.60. The van der Waals surface area contributed by atoms with Crippen LogP contribution in [0.2, 0.25) is 0 Å². The molecular weight excluding hydrogens is 282 g/mol. The van der Waals surface area contributed by atoms with Gasteiger partial charge in [-0.15, -0.1) is 0 Å². The van der Waals surface area contributed by atoms with Crippen LogP contribution in [0.15, 0.2) is 23.8 Å². The standard InChI is InChI=1S/C17H21NO4/c1-2-8-21-15-5-3-4-13-11-14(12-22-16(13)15)17(19)18-6-9-20-10-7-18/h3-5,11H,2,6-10,12H2,1H3. The summed E-state index contributed by atoms with van der Waals surface area (Å²) in [5.41, 5.74) is 1.58. The molecule has 3 rings (SSSR count). The Labute approximate surface area is 130 Å². The molecule has 0 unspecified atom stereocenters. The highest BCUT2D eigenvalue weighted by molar-refractivity contribution is 5.99. The number of morpholine rings is 1. The van der Waals surface area contributed by atoms with Crippen molar-refractivity contribution < 1.29 is 19.0 Å². The predicted octanol–water partition coefficient (Wildman–Crippen LogP) is 2.11. The van der Waals surface area contributed by atoms with E-state index in [4.69, 9.17) is 14.2 Å². The predicted molar refractivity (Wildman–Crippen MR) is 83.1 cm³/mol. The number of amides is 1. The van der Waals surface area contributed by atoms with Gasteiger partial charge in [0.2, 0.25) is 0 Å². The van der Waals surface area contributed by atoms with E-state index in [1.165, 1.54) is 0 Å². The normalized spacial score (nSPS) is 17.3. The number of carbonyl (C=O) groups is 1. The van der Waals surface area contributed by atoms with E-state index >= 15 is 0 Å². The minimum atomic E-state index is 0.0360. The Kier molecular flexibility index (Phi) is 4.63. The molecule has 0 saturated carbocycles. The highest BCUT2D eigenvalue weighted by Gasteiger charge is 2.25. The lowest BCUT2D eigenvalue weighted by molar-refractivity contribution is -0.131. The van der Waals surface area contributed by atoms with Gasteiger partial charge in [-0.2, -0.15) is 0 Å². The van der Waals surface area contributed by atoms with Gasteiger partial charge in [0.1, 0.15) is 6.61 Å². The third-order valence-corrected chi connectivity index (χ3v) is 3.75. The van der Waals surface area contributed by atoms with Gasteiger partial charge in [-0.05, 0) is 18.6 Å². The van der Waals surface area contributed by atoms with Crippen molar-refractivity contribution in [3.8, 4) is 11.5 Å². The molecule has 5 nitrogen and oxygen atoms in total. The Balaban J connectivity index is 1.79. The summed E-state index contributed by atoms with van der Waals surface area (Å²) in [5, 5.41) is 0. The number of hydrogen-bond donors (Lipinski definition) is 0. The summed E-state index contributed by atoms with van der Waals surface area (Å²) in [4.78, 5) is 14.3. The van der Waals surface area contributed by atoms with Gasteiger partial charge in [-0.1, -0.05) is 19.1 Å². The van der Waals surface area contributed by atoms with Gasteiger partial charge in [-0.3, -0.25) is 4.79 Å². The van der Waals surface area contributed by atoms with Crippen molar-refractivity contribution in [3.63, 3.8) is 0 Å². The average Bonchev–Trinajstić information content (AvgIpc) is 2.59. The maximum atomic E-state index is 12.5. The van der Waals surface area contributed by atoms with Crippen LogP contribution in [-0.4, -0.2) is 50.3 Å². The molecule has 0 aromatic heterocycles. The van der Waals surface area contributed by atoms with Gasteiger partial charge in [-0.25, -0.2) is 0 Å². The summed E-state index contributed by atoms with van der Waals surface area (Å²) >= 11 is 0. The molecule has 1 aromatic rings. The van der Waals surface area contributed by atoms with Crippen LogP contribution in [0.25, 0.3) is 6.08 Å². The Hall–Kier alpha value is -2.01. The van der Waals surface area contributed by atoms with E-state index < -0.39 is 0 Å². The minimum absolute atomic E-state index is 0.0360. The third kappa shape index (κ3) is 3.09. The lowest BCUT2D eigenvalue weighted by atomic mass is 10.1. The Morgan fingerprint density at radius 1 is 1.32 bits per heavy atom. The summed E-state index contributed by atoms with van der Waals surface area (Å²) in [6.45, 7) is 5.50. The highest BCUT2D eigenvalue weighted by atomic mass is 16.5. The zero-order valence-electron chi connectivity index (χ0n) is 12.8. The van der Waals surface area contributed by atoms with Crippen molar-refractivity contribution in [3.05, 3.63) is 29.3 Å². The molecule has 2 heterocycles. The van der Waals surface area contributed by atoms with E-state index in [0.29, 0.717) is 38.5 Å². The number of fused-ring (bicyclic) bond motifs is 1. The molecule has 0 radical (unpaired) electrons. The highest BCUT2D eigenvalue weighted by Crippen LogP contribution is 2.36. The molecule has 0 N–H and O–H groups in total. The molecule has 1 fully saturated rings. The van der Waals surface area contributed by atoms with Gasteiger partial charge < -0.3 is 19.1 Å². The minimum Gasteiger partial charge on any atom is -0.490 e. The van der Waals surface area contributed by atoms with Gasteiger partial charge in [0, 0.05) is 18.7 Å². The third-order valence-electron chi connectivity index (χ3n) is 3.75. The molecule has 1 saturated heterocycles. The van der Waals surface area contributed by atoms with Gasteiger partial charge in [0.25, 0.3) is 5.91 Å². The second kappa shape index (κ2) is 6.83. The quantitative estimate of drug-likeness (QED) is 0.855. The van der Waals surface area contributed by atoms with Crippen LogP contribution in [-0.2, 0) is 9.53 Å². The van der Waals surface area contributed by atoms with E-state index in [1.54, 1.807) is 0 Å². The zero-order valence-corrected chi connectivity index (χ0v) is 12.8. The lowest BCUT2D eigenvalue weighted by Crippen LogP contribution is -2.42. The number of rotatable bonds is 4. The summed E-state index contributed by atoms with van der Waals surface area (Å²) in [6.07, 6.45) is 2.86. The molecule has 0 atom stereocenters. The van der Waals surface area contributed by atoms with Crippen LogP contribution in [0.1, 0.15) is 18.9 Å². The molecule has 2 aliphatic heterocycles. The number of nitrogens with zero attached hydrogens (tertiary/aromatic N) is 1. The first-order valence-corrected chi connectivity index (χ1v) is 7.76. The average molecular weight is 303 g/mol. The van der Waals surface area contributed by atoms with E-state index in [2.05, 4.69) is 6.92 Å². The van der Waals surface area contributed by atoms with E-state index in [1.807, 2.05) is 29.2 Å². The van der Waals surface area contributed by atoms with Gasteiger partial charge >= 0.3 is 0 Å². The number of ether oxygens (including phenoxy) is 3. The fraction of sp³-hybridized carbons (Fsp3) is 0.471. The van der Waals surface area contributed by atoms with Crippen molar-refractivity contribution in [1.29, 1.82) is 0 Å². The Morgan fingerprint density at radius 2 is 2.14 bits per heavy atom. The molecule has 2 aliphatic rings. The van der Waals surface area contributed by atoms with E-state index in [0.717, 1.165) is 23.5 Å². The van der Waals surface area contributed by atoms with Crippen molar-refractivity contribution in [2.75, 3.05) is 39.5 Å². The van der Waals surface area contributed by atoms with Crippen molar-refractivity contribution in [1.82, 2.24) is 4.90 Å². The first-order chi connectivity index (χ1) is 10.8. The smallest absolute Gasteiger partial charge is 0.253 e. The number of benzene rings is 1. The monoisotopic (exact) mass is 303 g/mol. The molecule has 1 amide bonds. The molecule has 0 bridgehead atoms. The molecular formula is C17H21NO4. The van der Waals surface area contributed by atoms with Crippen LogP contribution in [0.5, 0.6) is 11.5 Å². The maximum absolute atomic E-state index is 12.5. The fourth-order valence-corrected chi connectivity index (χ4v) is 2.60. The van der Waals surface area contributed by atoms with Crippen LogP contribution < -0.4 is 9.47 Å². The van der Waals surface area contributed by atoms with E-state index in [9.17, 15) is 4.79 Å². The number of hydrogen-bond acceptors (Lipinski definition) is 4. The van der Waals surface area contributed by atoms with Crippen LogP contribution in [0.4, 0.5) is 0 Å². The second-order valence-electron chi connectivity index (χ2n) is 5.39. The van der Waals surface area contributed by atoms with Gasteiger partial charge in [0.05, 0.1) is 25.4 Å². The summed E-state index contributed by atoms with van der Waals surface area (Å²) in [5.74, 6) is 1.51. The Bertz CT molecular complexity index is 576. The molecule has 0 spiro atoms. The van der Waals surface area contributed by atoms with Gasteiger partial charge in [0.15, 0.2) is 11.5 Å². The summed E-state index contributed by atoms with van der Waals surface area (Å²) in [7, 11) is 0. The number of carbonyl (C=O) groups excluding carboxylic acids is 1. The van der Waals surface area contributed by atoms with Crippen LogP contribution >= 0.6 is 0 Å². The Morgan fingerprint density at radius 3 is 2.91 bits per heavy atom. The molecule has 5 heteroatoms. The topological polar surface area (TPSA) is 48.0 Å². The summed E-state index contributed by atoms with van der Waals surface area (Å²) in [6, 6.07) is 5.77. The summed E-state index contributed by atoms with van der Waals surface area (Å²) < 4.78 is 16.8. The molecule has 0 aliphatic carbocycles. The first kappa shape index (κ1) is 14.9. The first-order valence-electron chi connectivity index (χ1n) is 7.76. The van der Waals surface area contributed by atoms with Crippen molar-refractivity contribution in [2.45, 2.75) is 13.3 Å². The molecule has 1 aromatic carbocycles. The largest absolute Gasteiger partial charge is 0.490 e. The molecule has 118 valence electrons. The van der Waals surface area contributed by atoms with Crippen LogP contribution in [0, 0.1) is 0 Å². The second-order valence-corrected chi connectivity index (χ2v) is 5.39. The lowest BCUT2D eigenvalue weighted by Gasteiger charge is -2.29. The zero-order chi connectivity index (χ0) is 15.4. The molecule has 22 heavy (non-hydrogen) atoms. The van der Waals surface area contributed by atoms with E-state index in [-0.39, 0.29) is 12.5 Å². The SMILES string of the molecule is CCCOc1cccc2c1OCC(C(=O)N1CCOCC1)=C2. The number of para-hydroxylation sites is 1. The maximum Gasteiger partial charge on any atom is 0.253 e. The van der Waals surface area contributed by atoms with Crippen molar-refractivity contribution in [2.24, 2.45) is 0 Å². The van der Waals surface area contributed by atoms with Crippen LogP contribution in [0.3, 0.4) is 0 Å². The van der Waals surface area contributed by atoms with Crippen molar-refractivity contribution >= 4 is 12.0 Å².